The van der Waals surface area contributed by atoms with Gasteiger partial charge in [-0.3, -0.25) is 9.59 Å². The predicted molar refractivity (Wildman–Crippen MR) is 117 cm³/mol. The molecule has 0 spiro atoms. The van der Waals surface area contributed by atoms with E-state index < -0.39 is 6.04 Å². The van der Waals surface area contributed by atoms with Crippen LogP contribution in [0.3, 0.4) is 0 Å². The summed E-state index contributed by atoms with van der Waals surface area (Å²) in [4.78, 5) is 27.2. The van der Waals surface area contributed by atoms with Crippen molar-refractivity contribution in [3.63, 3.8) is 0 Å². The average molecular weight is 399 g/mol. The van der Waals surface area contributed by atoms with E-state index in [9.17, 15) is 9.59 Å². The third kappa shape index (κ3) is 6.13. The summed E-state index contributed by atoms with van der Waals surface area (Å²) in [5.74, 6) is 1.01. The number of thioether (sulfide) groups is 1. The number of aryl methyl sites for hydroxylation is 2. The molecule has 0 heterocycles. The maximum absolute atomic E-state index is 13.1. The lowest BCUT2D eigenvalue weighted by atomic mass is 10.1. The van der Waals surface area contributed by atoms with E-state index in [0.29, 0.717) is 18.7 Å². The van der Waals surface area contributed by atoms with Gasteiger partial charge in [0.1, 0.15) is 6.04 Å². The van der Waals surface area contributed by atoms with Crippen molar-refractivity contribution in [2.75, 3.05) is 12.8 Å². The molecule has 2 aromatic rings. The fourth-order valence-electron chi connectivity index (χ4n) is 3.20. The first-order chi connectivity index (χ1) is 13.5. The lowest BCUT2D eigenvalue weighted by molar-refractivity contribution is -0.139. The number of carbonyl (C=O) groups excluding carboxylic acids is 2. The van der Waals surface area contributed by atoms with Crippen molar-refractivity contribution < 1.29 is 9.59 Å². The third-order valence-corrected chi connectivity index (χ3v) is 5.80. The van der Waals surface area contributed by atoms with E-state index >= 15 is 0 Å². The van der Waals surface area contributed by atoms with Gasteiger partial charge in [0.05, 0.1) is 5.75 Å². The Balaban J connectivity index is 2.11. The lowest BCUT2D eigenvalue weighted by Gasteiger charge is -2.30. The average Bonchev–Trinajstić information content (AvgIpc) is 2.69. The minimum atomic E-state index is -0.461. The molecule has 0 bridgehead atoms. The van der Waals surface area contributed by atoms with Crippen LogP contribution in [0, 0.1) is 13.8 Å². The highest BCUT2D eigenvalue weighted by Gasteiger charge is 2.28. The van der Waals surface area contributed by atoms with E-state index in [0.717, 1.165) is 16.9 Å². The van der Waals surface area contributed by atoms with Crippen molar-refractivity contribution in [2.45, 2.75) is 45.5 Å². The van der Waals surface area contributed by atoms with E-state index in [-0.39, 0.29) is 11.8 Å². The number of rotatable bonds is 9. The molecule has 5 heteroatoms. The maximum Gasteiger partial charge on any atom is 0.242 e. The molecule has 0 radical (unpaired) electrons. The SMILES string of the molecule is CC[C@@H](C(=O)NC)N(Cc1ccccc1C)C(=O)CSCc1cccc(C)c1. The molecule has 0 fully saturated rings. The molecule has 2 amide bonds. The van der Waals surface area contributed by atoms with Gasteiger partial charge in [-0.1, -0.05) is 61.0 Å². The molecule has 28 heavy (non-hydrogen) atoms. The van der Waals surface area contributed by atoms with Gasteiger partial charge in [-0.05, 0) is 37.0 Å². The molecule has 150 valence electrons. The zero-order valence-corrected chi connectivity index (χ0v) is 18.0. The fraction of sp³-hybridized carbons (Fsp3) is 0.391. The molecule has 0 aliphatic carbocycles. The Kier molecular flexibility index (Phi) is 8.58. The number of nitrogens with one attached hydrogen (secondary N) is 1. The highest BCUT2D eigenvalue weighted by molar-refractivity contribution is 7.99. The summed E-state index contributed by atoms with van der Waals surface area (Å²) >= 11 is 1.59. The smallest absolute Gasteiger partial charge is 0.242 e. The topological polar surface area (TPSA) is 49.4 Å². The van der Waals surface area contributed by atoms with Gasteiger partial charge in [0.15, 0.2) is 0 Å². The van der Waals surface area contributed by atoms with Crippen molar-refractivity contribution in [3.05, 3.63) is 70.8 Å². The molecule has 0 unspecified atom stereocenters. The molecule has 0 aliphatic rings. The molecule has 0 saturated carbocycles. The summed E-state index contributed by atoms with van der Waals surface area (Å²) < 4.78 is 0. The Morgan fingerprint density at radius 3 is 2.50 bits per heavy atom. The number of benzene rings is 2. The Hall–Kier alpha value is -2.27. The highest BCUT2D eigenvalue weighted by Crippen LogP contribution is 2.19. The van der Waals surface area contributed by atoms with Crippen LogP contribution in [0.1, 0.15) is 35.6 Å². The molecule has 1 N–H and O–H groups in total. The fourth-order valence-corrected chi connectivity index (χ4v) is 4.06. The quantitative estimate of drug-likeness (QED) is 0.692. The summed E-state index contributed by atoms with van der Waals surface area (Å²) in [5, 5.41) is 2.70. The van der Waals surface area contributed by atoms with Crippen molar-refractivity contribution in [3.8, 4) is 0 Å². The van der Waals surface area contributed by atoms with Gasteiger partial charge in [-0.15, -0.1) is 11.8 Å². The molecular formula is C23H30N2O2S. The number of hydrogen-bond acceptors (Lipinski definition) is 3. The van der Waals surface area contributed by atoms with Gasteiger partial charge >= 0.3 is 0 Å². The van der Waals surface area contributed by atoms with Crippen LogP contribution in [0.4, 0.5) is 0 Å². The maximum atomic E-state index is 13.1. The minimum absolute atomic E-state index is 0.00337. The largest absolute Gasteiger partial charge is 0.357 e. The highest BCUT2D eigenvalue weighted by atomic mass is 32.2. The van der Waals surface area contributed by atoms with Gasteiger partial charge in [-0.2, -0.15) is 0 Å². The van der Waals surface area contributed by atoms with E-state index in [2.05, 4.69) is 30.4 Å². The number of nitrogens with zero attached hydrogens (tertiary/aromatic N) is 1. The molecular weight excluding hydrogens is 368 g/mol. The summed E-state index contributed by atoms with van der Waals surface area (Å²) in [6.07, 6.45) is 0.583. The van der Waals surface area contributed by atoms with E-state index in [4.69, 9.17) is 0 Å². The van der Waals surface area contributed by atoms with Crippen molar-refractivity contribution in [1.82, 2.24) is 10.2 Å². The predicted octanol–water partition coefficient (Wildman–Crippen LogP) is 4.09. The first-order valence-electron chi connectivity index (χ1n) is 9.65. The van der Waals surface area contributed by atoms with Crippen molar-refractivity contribution >= 4 is 23.6 Å². The molecule has 2 rings (SSSR count). The van der Waals surface area contributed by atoms with Crippen molar-refractivity contribution in [1.29, 1.82) is 0 Å². The standard InChI is InChI=1S/C23H30N2O2S/c1-5-21(23(27)24-4)25(14-20-12-7-6-10-18(20)3)22(26)16-28-15-19-11-8-9-17(2)13-19/h6-13,21H,5,14-16H2,1-4H3,(H,24,27)/t21-/m0/s1. The van der Waals surface area contributed by atoms with Crippen LogP contribution in [0.5, 0.6) is 0 Å². The Labute approximate surface area is 172 Å². The summed E-state index contributed by atoms with van der Waals surface area (Å²) in [5.41, 5.74) is 4.62. The number of amides is 2. The summed E-state index contributed by atoms with van der Waals surface area (Å²) in [6, 6.07) is 15.9. The number of likely N-dealkylation sites (N-methyl/N-ethyl adjacent to an activating group) is 1. The second-order valence-corrected chi connectivity index (χ2v) is 7.95. The number of hydrogen-bond donors (Lipinski definition) is 1. The minimum Gasteiger partial charge on any atom is -0.357 e. The first kappa shape index (κ1) is 22.0. The monoisotopic (exact) mass is 398 g/mol. The lowest BCUT2D eigenvalue weighted by Crippen LogP contribution is -2.48. The van der Waals surface area contributed by atoms with Gasteiger partial charge in [0.25, 0.3) is 0 Å². The molecule has 0 saturated heterocycles. The van der Waals surface area contributed by atoms with Crippen LogP contribution in [0.2, 0.25) is 0 Å². The van der Waals surface area contributed by atoms with Gasteiger partial charge in [-0.25, -0.2) is 0 Å². The van der Waals surface area contributed by atoms with Crippen LogP contribution in [0.25, 0.3) is 0 Å². The van der Waals surface area contributed by atoms with Crippen molar-refractivity contribution in [2.24, 2.45) is 0 Å². The first-order valence-corrected chi connectivity index (χ1v) is 10.8. The van der Waals surface area contributed by atoms with Gasteiger partial charge < -0.3 is 10.2 Å². The Bertz CT molecular complexity index is 807. The van der Waals surface area contributed by atoms with Gasteiger partial charge in [0, 0.05) is 19.3 Å². The molecule has 0 aliphatic heterocycles. The third-order valence-electron chi connectivity index (χ3n) is 4.81. The molecule has 1 atom stereocenters. The zero-order valence-electron chi connectivity index (χ0n) is 17.2. The summed E-state index contributed by atoms with van der Waals surface area (Å²) in [6.45, 7) is 6.49. The Morgan fingerprint density at radius 1 is 1.11 bits per heavy atom. The van der Waals surface area contributed by atoms with Crippen LogP contribution in [-0.4, -0.2) is 35.6 Å². The molecule has 4 nitrogen and oxygen atoms in total. The molecule has 0 aromatic heterocycles. The van der Waals surface area contributed by atoms with E-state index in [1.165, 1.54) is 11.1 Å². The van der Waals surface area contributed by atoms with E-state index in [1.807, 2.05) is 44.2 Å². The second kappa shape index (κ2) is 10.9. The number of carbonyl (C=O) groups is 2. The van der Waals surface area contributed by atoms with Crippen LogP contribution < -0.4 is 5.32 Å². The van der Waals surface area contributed by atoms with Crippen LogP contribution >= 0.6 is 11.8 Å². The molecule has 2 aromatic carbocycles. The normalized spacial score (nSPS) is 11.7. The summed E-state index contributed by atoms with van der Waals surface area (Å²) in [7, 11) is 1.62. The Morgan fingerprint density at radius 2 is 1.86 bits per heavy atom. The van der Waals surface area contributed by atoms with Crippen LogP contribution in [0.15, 0.2) is 48.5 Å². The zero-order chi connectivity index (χ0) is 20.5. The second-order valence-electron chi connectivity index (χ2n) is 6.97. The van der Waals surface area contributed by atoms with Crippen LogP contribution in [-0.2, 0) is 21.9 Å². The van der Waals surface area contributed by atoms with Gasteiger partial charge in [0.2, 0.25) is 11.8 Å². The van der Waals surface area contributed by atoms with E-state index in [1.54, 1.807) is 23.7 Å².